The Labute approximate surface area is 76.6 Å². The summed E-state index contributed by atoms with van der Waals surface area (Å²) in [6.45, 7) is 4.12. The number of carbonyl (C=O) groups excluding carboxylic acids is 1. The molecular weight excluding hydrogens is 162 g/mol. The zero-order chi connectivity index (χ0) is 9.42. The van der Waals surface area contributed by atoms with Crippen LogP contribution in [-0.2, 0) is 0 Å². The van der Waals surface area contributed by atoms with Gasteiger partial charge in [-0.3, -0.25) is 4.79 Å². The summed E-state index contributed by atoms with van der Waals surface area (Å²) >= 11 is 0. The van der Waals surface area contributed by atoms with Crippen LogP contribution in [0.4, 0.5) is 0 Å². The fourth-order valence-corrected chi connectivity index (χ4v) is 1.56. The van der Waals surface area contributed by atoms with E-state index in [1.54, 1.807) is 0 Å². The monoisotopic (exact) mass is 173 g/mol. The number of aryl methyl sites for hydroxylation is 2. The number of aromatic nitrogens is 1. The molecule has 1 aromatic carbocycles. The number of hydrogen-bond acceptors (Lipinski definition) is 1. The highest BCUT2D eigenvalue weighted by Gasteiger charge is 2.03. The molecule has 1 aromatic heterocycles. The number of hydrogen-bond donors (Lipinski definition) is 1. The Bertz CT molecular complexity index is 468. The number of H-pyrrole nitrogens is 1. The van der Waals surface area contributed by atoms with Crippen molar-refractivity contribution in [2.45, 2.75) is 13.8 Å². The van der Waals surface area contributed by atoms with E-state index in [0.717, 1.165) is 17.5 Å². The first-order chi connectivity index (χ1) is 6.22. The molecule has 0 radical (unpaired) electrons. The lowest BCUT2D eigenvalue weighted by atomic mass is 10.1. The van der Waals surface area contributed by atoms with Gasteiger partial charge in [0.2, 0.25) is 0 Å². The maximum Gasteiger partial charge on any atom is 0.150 e. The molecule has 0 amide bonds. The summed E-state index contributed by atoms with van der Waals surface area (Å²) in [5, 5.41) is 1.20. The molecule has 1 heterocycles. The first kappa shape index (κ1) is 8.05. The number of benzene rings is 1. The summed E-state index contributed by atoms with van der Waals surface area (Å²) in [5.41, 5.74) is 4.18. The average Bonchev–Trinajstić information content (AvgIpc) is 2.42. The van der Waals surface area contributed by atoms with Crippen LogP contribution in [0.1, 0.15) is 21.6 Å². The number of carbonyl (C=O) groups is 1. The molecule has 0 saturated carbocycles. The predicted octanol–water partition coefficient (Wildman–Crippen LogP) is 2.60. The van der Waals surface area contributed by atoms with Gasteiger partial charge in [0.1, 0.15) is 6.29 Å². The van der Waals surface area contributed by atoms with Gasteiger partial charge >= 0.3 is 0 Å². The summed E-state index contributed by atoms with van der Waals surface area (Å²) in [5.74, 6) is 0. The number of rotatable bonds is 1. The van der Waals surface area contributed by atoms with Gasteiger partial charge in [0.25, 0.3) is 0 Å². The minimum atomic E-state index is 0.716. The number of aromatic amines is 1. The fraction of sp³-hybridized carbons (Fsp3) is 0.182. The van der Waals surface area contributed by atoms with Crippen LogP contribution in [0.3, 0.4) is 0 Å². The van der Waals surface area contributed by atoms with Gasteiger partial charge in [0, 0.05) is 22.2 Å². The van der Waals surface area contributed by atoms with E-state index in [1.165, 1.54) is 10.9 Å². The van der Waals surface area contributed by atoms with Gasteiger partial charge in [-0.25, -0.2) is 0 Å². The first-order valence-electron chi connectivity index (χ1n) is 4.26. The van der Waals surface area contributed by atoms with Crippen molar-refractivity contribution in [1.82, 2.24) is 4.98 Å². The number of fused-ring (bicyclic) bond motifs is 1. The maximum atomic E-state index is 10.5. The molecule has 1 N–H and O–H groups in total. The van der Waals surface area contributed by atoms with Gasteiger partial charge in [-0.1, -0.05) is 12.1 Å². The second kappa shape index (κ2) is 2.73. The lowest BCUT2D eigenvalue weighted by molar-refractivity contribution is 0.112. The Morgan fingerprint density at radius 1 is 1.31 bits per heavy atom. The molecule has 0 unspecified atom stereocenters. The van der Waals surface area contributed by atoms with Crippen molar-refractivity contribution in [2.75, 3.05) is 0 Å². The number of nitrogens with one attached hydrogen (secondary N) is 1. The summed E-state index contributed by atoms with van der Waals surface area (Å²) in [6, 6.07) is 5.70. The van der Waals surface area contributed by atoms with Gasteiger partial charge in [0.15, 0.2) is 0 Å². The molecule has 0 aliphatic carbocycles. The van der Waals surface area contributed by atoms with Crippen LogP contribution < -0.4 is 0 Å². The van der Waals surface area contributed by atoms with E-state index in [0.29, 0.717) is 5.56 Å². The molecule has 13 heavy (non-hydrogen) atoms. The molecule has 0 aliphatic rings. The largest absolute Gasteiger partial charge is 0.358 e. The fourth-order valence-electron chi connectivity index (χ4n) is 1.56. The normalized spacial score (nSPS) is 10.6. The summed E-state index contributed by atoms with van der Waals surface area (Å²) < 4.78 is 0. The van der Waals surface area contributed by atoms with Gasteiger partial charge in [-0.15, -0.1) is 0 Å². The van der Waals surface area contributed by atoms with E-state index in [-0.39, 0.29) is 0 Å². The third kappa shape index (κ3) is 1.15. The molecule has 0 fully saturated rings. The van der Waals surface area contributed by atoms with Crippen molar-refractivity contribution in [3.8, 4) is 0 Å². The molecule has 0 aliphatic heterocycles. The van der Waals surface area contributed by atoms with Crippen molar-refractivity contribution in [3.05, 3.63) is 35.0 Å². The SMILES string of the molecule is Cc1[nH]c2cc(C=O)ccc2c1C. The summed E-state index contributed by atoms with van der Waals surface area (Å²) in [6.07, 6.45) is 0.866. The molecule has 0 saturated heterocycles. The van der Waals surface area contributed by atoms with Gasteiger partial charge in [-0.2, -0.15) is 0 Å². The molecule has 2 rings (SSSR count). The Balaban J connectivity index is 2.79. The molecule has 2 heteroatoms. The van der Waals surface area contributed by atoms with E-state index >= 15 is 0 Å². The maximum absolute atomic E-state index is 10.5. The molecule has 0 bridgehead atoms. The van der Waals surface area contributed by atoms with E-state index in [1.807, 2.05) is 25.1 Å². The second-order valence-corrected chi connectivity index (χ2v) is 3.30. The van der Waals surface area contributed by atoms with Gasteiger partial charge in [-0.05, 0) is 25.5 Å². The zero-order valence-electron chi connectivity index (χ0n) is 7.72. The van der Waals surface area contributed by atoms with Gasteiger partial charge in [0.05, 0.1) is 0 Å². The van der Waals surface area contributed by atoms with Crippen LogP contribution in [-0.4, -0.2) is 11.3 Å². The topological polar surface area (TPSA) is 32.9 Å². The van der Waals surface area contributed by atoms with E-state index in [4.69, 9.17) is 0 Å². The smallest absolute Gasteiger partial charge is 0.150 e. The Morgan fingerprint density at radius 3 is 2.77 bits per heavy atom. The van der Waals surface area contributed by atoms with Crippen LogP contribution in [0, 0.1) is 13.8 Å². The van der Waals surface area contributed by atoms with Crippen LogP contribution in [0.25, 0.3) is 10.9 Å². The van der Waals surface area contributed by atoms with Crippen LogP contribution in [0.15, 0.2) is 18.2 Å². The summed E-state index contributed by atoms with van der Waals surface area (Å²) in [7, 11) is 0. The van der Waals surface area contributed by atoms with Crippen molar-refractivity contribution >= 4 is 17.2 Å². The van der Waals surface area contributed by atoms with E-state index < -0.39 is 0 Å². The highest BCUT2D eigenvalue weighted by Crippen LogP contribution is 2.21. The third-order valence-electron chi connectivity index (χ3n) is 2.47. The van der Waals surface area contributed by atoms with Crippen LogP contribution in [0.2, 0.25) is 0 Å². The first-order valence-corrected chi connectivity index (χ1v) is 4.26. The standard InChI is InChI=1S/C11H11NO/c1-7-8(2)12-11-5-9(6-13)3-4-10(7)11/h3-6,12H,1-2H3. The molecule has 0 atom stereocenters. The van der Waals surface area contributed by atoms with Crippen molar-refractivity contribution in [1.29, 1.82) is 0 Å². The molecule has 2 aromatic rings. The third-order valence-corrected chi connectivity index (χ3v) is 2.47. The average molecular weight is 173 g/mol. The van der Waals surface area contributed by atoms with Crippen LogP contribution >= 0.6 is 0 Å². The molecular formula is C11H11NO. The van der Waals surface area contributed by atoms with Crippen LogP contribution in [0.5, 0.6) is 0 Å². The Kier molecular flexibility index (Phi) is 1.69. The minimum absolute atomic E-state index is 0.716. The van der Waals surface area contributed by atoms with E-state index in [9.17, 15) is 4.79 Å². The Morgan fingerprint density at radius 2 is 2.08 bits per heavy atom. The highest BCUT2D eigenvalue weighted by molar-refractivity contribution is 5.89. The molecule has 66 valence electrons. The van der Waals surface area contributed by atoms with E-state index in [2.05, 4.69) is 11.9 Å². The highest BCUT2D eigenvalue weighted by atomic mass is 16.1. The lowest BCUT2D eigenvalue weighted by Gasteiger charge is -1.92. The van der Waals surface area contributed by atoms with Gasteiger partial charge < -0.3 is 4.98 Å². The second-order valence-electron chi connectivity index (χ2n) is 3.30. The quantitative estimate of drug-likeness (QED) is 0.660. The zero-order valence-corrected chi connectivity index (χ0v) is 7.72. The molecule has 2 nitrogen and oxygen atoms in total. The van der Waals surface area contributed by atoms with Crippen molar-refractivity contribution in [3.63, 3.8) is 0 Å². The lowest BCUT2D eigenvalue weighted by Crippen LogP contribution is -1.78. The molecule has 0 spiro atoms. The van der Waals surface area contributed by atoms with Crippen molar-refractivity contribution < 1.29 is 4.79 Å². The predicted molar refractivity (Wildman–Crippen MR) is 53.2 cm³/mol. The minimum Gasteiger partial charge on any atom is -0.358 e. The van der Waals surface area contributed by atoms with Crippen molar-refractivity contribution in [2.24, 2.45) is 0 Å². The summed E-state index contributed by atoms with van der Waals surface area (Å²) in [4.78, 5) is 13.8. The Hall–Kier alpha value is -1.57. The number of aldehydes is 1.